The Labute approximate surface area is 173 Å². The number of nitrogens with zero attached hydrogens (tertiary/aromatic N) is 1. The molecule has 1 N–H and O–H groups in total. The average molecular weight is 399 g/mol. The number of carbonyl (C=O) groups excluding carboxylic acids is 2. The normalized spacial score (nSPS) is 11.7. The van der Waals surface area contributed by atoms with Crippen molar-refractivity contribution in [1.29, 1.82) is 0 Å². The summed E-state index contributed by atoms with van der Waals surface area (Å²) in [5.41, 5.74) is 2.82. The molecule has 0 saturated heterocycles. The fourth-order valence-corrected chi connectivity index (χ4v) is 3.28. The van der Waals surface area contributed by atoms with Crippen LogP contribution in [0.15, 0.2) is 48.5 Å². The monoisotopic (exact) mass is 398 g/mol. The molecule has 0 spiro atoms. The van der Waals surface area contributed by atoms with Crippen molar-refractivity contribution < 1.29 is 14.0 Å². The highest BCUT2D eigenvalue weighted by atomic mass is 19.1. The summed E-state index contributed by atoms with van der Waals surface area (Å²) < 4.78 is 13.2. The second kappa shape index (κ2) is 11.3. The maximum atomic E-state index is 13.2. The number of amides is 2. The number of carbonyl (C=O) groups is 2. The van der Waals surface area contributed by atoms with E-state index in [1.54, 1.807) is 17.0 Å². The standard InChI is InChI=1S/C24H31FN2O2/c1-4-6-15-26-24(29)22(5-2)27(17-20-10-8-7-9-18(20)3)23(28)16-19-11-13-21(25)14-12-19/h7-14,22H,4-6,15-17H2,1-3H3,(H,26,29)/t22-/m1/s1. The molecule has 5 heteroatoms. The third-order valence-electron chi connectivity index (χ3n) is 5.09. The SMILES string of the molecule is CCCCNC(=O)[C@@H](CC)N(Cc1ccccc1C)C(=O)Cc1ccc(F)cc1. The minimum atomic E-state index is -0.542. The van der Waals surface area contributed by atoms with Gasteiger partial charge in [0.1, 0.15) is 11.9 Å². The summed E-state index contributed by atoms with van der Waals surface area (Å²) in [6, 6.07) is 13.3. The highest BCUT2D eigenvalue weighted by molar-refractivity contribution is 5.88. The van der Waals surface area contributed by atoms with Gasteiger partial charge in [0.05, 0.1) is 6.42 Å². The number of aryl methyl sites for hydroxylation is 1. The van der Waals surface area contributed by atoms with Crippen molar-refractivity contribution in [3.05, 3.63) is 71.0 Å². The van der Waals surface area contributed by atoms with Crippen LogP contribution in [0.4, 0.5) is 4.39 Å². The van der Waals surface area contributed by atoms with Crippen LogP contribution in [-0.4, -0.2) is 29.3 Å². The van der Waals surface area contributed by atoms with Crippen LogP contribution in [0.2, 0.25) is 0 Å². The van der Waals surface area contributed by atoms with Gasteiger partial charge in [-0.25, -0.2) is 4.39 Å². The molecule has 1 atom stereocenters. The lowest BCUT2D eigenvalue weighted by Gasteiger charge is -2.31. The number of nitrogens with one attached hydrogen (secondary N) is 1. The first-order chi connectivity index (χ1) is 14.0. The van der Waals surface area contributed by atoms with E-state index in [0.29, 0.717) is 19.5 Å². The Hall–Kier alpha value is -2.69. The first-order valence-electron chi connectivity index (χ1n) is 10.3. The predicted octanol–water partition coefficient (Wildman–Crippen LogP) is 4.40. The van der Waals surface area contributed by atoms with Gasteiger partial charge >= 0.3 is 0 Å². The number of hydrogen-bond acceptors (Lipinski definition) is 2. The minimum absolute atomic E-state index is 0.123. The van der Waals surface area contributed by atoms with E-state index in [9.17, 15) is 14.0 Å². The Balaban J connectivity index is 2.25. The van der Waals surface area contributed by atoms with Crippen LogP contribution < -0.4 is 5.32 Å². The van der Waals surface area contributed by atoms with Gasteiger partial charge in [-0.15, -0.1) is 0 Å². The smallest absolute Gasteiger partial charge is 0.242 e. The maximum absolute atomic E-state index is 13.2. The van der Waals surface area contributed by atoms with E-state index in [2.05, 4.69) is 12.2 Å². The van der Waals surface area contributed by atoms with E-state index in [0.717, 1.165) is 29.5 Å². The molecule has 0 heterocycles. The molecule has 2 aromatic carbocycles. The molecule has 4 nitrogen and oxygen atoms in total. The van der Waals surface area contributed by atoms with Crippen molar-refractivity contribution in [2.24, 2.45) is 0 Å². The predicted molar refractivity (Wildman–Crippen MR) is 114 cm³/mol. The van der Waals surface area contributed by atoms with Crippen LogP contribution in [-0.2, 0) is 22.6 Å². The van der Waals surface area contributed by atoms with E-state index in [-0.39, 0.29) is 24.1 Å². The summed E-state index contributed by atoms with van der Waals surface area (Å²) in [7, 11) is 0. The van der Waals surface area contributed by atoms with Crippen molar-refractivity contribution in [2.75, 3.05) is 6.54 Å². The fourth-order valence-electron chi connectivity index (χ4n) is 3.28. The number of rotatable bonds is 10. The Morgan fingerprint density at radius 2 is 1.76 bits per heavy atom. The molecule has 0 aliphatic carbocycles. The van der Waals surface area contributed by atoms with Crippen LogP contribution in [0.3, 0.4) is 0 Å². The van der Waals surface area contributed by atoms with Gasteiger partial charge < -0.3 is 10.2 Å². The summed E-state index contributed by atoms with van der Waals surface area (Å²) in [5.74, 6) is -0.598. The highest BCUT2D eigenvalue weighted by Gasteiger charge is 2.28. The molecule has 2 rings (SSSR count). The number of benzene rings is 2. The molecule has 0 fully saturated rings. The van der Waals surface area contributed by atoms with E-state index in [4.69, 9.17) is 0 Å². The molecule has 0 aliphatic heterocycles. The van der Waals surface area contributed by atoms with Crippen molar-refractivity contribution >= 4 is 11.8 Å². The Morgan fingerprint density at radius 1 is 1.07 bits per heavy atom. The molecule has 0 radical (unpaired) electrons. The van der Waals surface area contributed by atoms with E-state index in [1.807, 2.05) is 38.1 Å². The second-order valence-electron chi connectivity index (χ2n) is 7.32. The minimum Gasteiger partial charge on any atom is -0.354 e. The van der Waals surface area contributed by atoms with Gasteiger partial charge in [-0.3, -0.25) is 9.59 Å². The fraction of sp³-hybridized carbons (Fsp3) is 0.417. The van der Waals surface area contributed by atoms with E-state index >= 15 is 0 Å². The Kier molecular flexibility index (Phi) is 8.84. The number of hydrogen-bond donors (Lipinski definition) is 1. The number of halogens is 1. The zero-order chi connectivity index (χ0) is 21.2. The average Bonchev–Trinajstić information content (AvgIpc) is 2.71. The van der Waals surface area contributed by atoms with Gasteiger partial charge in [-0.2, -0.15) is 0 Å². The van der Waals surface area contributed by atoms with E-state index in [1.165, 1.54) is 12.1 Å². The first-order valence-corrected chi connectivity index (χ1v) is 10.3. The molecule has 2 amide bonds. The maximum Gasteiger partial charge on any atom is 0.242 e. The van der Waals surface area contributed by atoms with Crippen LogP contribution in [0.25, 0.3) is 0 Å². The Morgan fingerprint density at radius 3 is 2.38 bits per heavy atom. The second-order valence-corrected chi connectivity index (χ2v) is 7.32. The highest BCUT2D eigenvalue weighted by Crippen LogP contribution is 2.17. The van der Waals surface area contributed by atoms with E-state index < -0.39 is 6.04 Å². The first kappa shape index (κ1) is 22.6. The lowest BCUT2D eigenvalue weighted by molar-refractivity contribution is -0.140. The summed E-state index contributed by atoms with van der Waals surface area (Å²) in [4.78, 5) is 27.7. The molecule has 0 bridgehead atoms. The lowest BCUT2D eigenvalue weighted by Crippen LogP contribution is -2.49. The van der Waals surface area contributed by atoms with Crippen LogP contribution in [0, 0.1) is 12.7 Å². The summed E-state index contributed by atoms with van der Waals surface area (Å²) in [6.45, 7) is 6.96. The molecule has 156 valence electrons. The zero-order valence-corrected chi connectivity index (χ0v) is 17.6. The van der Waals surface area contributed by atoms with Crippen molar-refractivity contribution in [3.63, 3.8) is 0 Å². The van der Waals surface area contributed by atoms with Crippen LogP contribution >= 0.6 is 0 Å². The van der Waals surface area contributed by atoms with Crippen LogP contribution in [0.1, 0.15) is 49.8 Å². The van der Waals surface area contributed by atoms with Gasteiger partial charge in [-0.1, -0.05) is 56.7 Å². The summed E-state index contributed by atoms with van der Waals surface area (Å²) in [6.07, 6.45) is 2.56. The molecule has 0 unspecified atom stereocenters. The molecule has 29 heavy (non-hydrogen) atoms. The van der Waals surface area contributed by atoms with Crippen molar-refractivity contribution in [3.8, 4) is 0 Å². The third-order valence-corrected chi connectivity index (χ3v) is 5.09. The van der Waals surface area contributed by atoms with Gasteiger partial charge in [-0.05, 0) is 48.6 Å². The molecular weight excluding hydrogens is 367 g/mol. The quantitative estimate of drug-likeness (QED) is 0.603. The zero-order valence-electron chi connectivity index (χ0n) is 17.6. The molecule has 0 aliphatic rings. The van der Waals surface area contributed by atoms with Crippen molar-refractivity contribution in [1.82, 2.24) is 10.2 Å². The van der Waals surface area contributed by atoms with Gasteiger partial charge in [0.25, 0.3) is 0 Å². The summed E-state index contributed by atoms with van der Waals surface area (Å²) in [5, 5.41) is 2.96. The third kappa shape index (κ3) is 6.70. The van der Waals surface area contributed by atoms with Gasteiger partial charge in [0.2, 0.25) is 11.8 Å². The molecule has 2 aromatic rings. The summed E-state index contributed by atoms with van der Waals surface area (Å²) >= 11 is 0. The van der Waals surface area contributed by atoms with Crippen molar-refractivity contribution in [2.45, 2.75) is 59.0 Å². The largest absolute Gasteiger partial charge is 0.354 e. The topological polar surface area (TPSA) is 49.4 Å². The van der Waals surface area contributed by atoms with Gasteiger partial charge in [0, 0.05) is 13.1 Å². The molecular formula is C24H31FN2O2. The van der Waals surface area contributed by atoms with Crippen LogP contribution in [0.5, 0.6) is 0 Å². The molecule has 0 saturated carbocycles. The number of unbranched alkanes of at least 4 members (excludes halogenated alkanes) is 1. The van der Waals surface area contributed by atoms with Gasteiger partial charge in [0.15, 0.2) is 0 Å². The lowest BCUT2D eigenvalue weighted by atomic mass is 10.0. The molecule has 0 aromatic heterocycles. The Bertz CT molecular complexity index is 805.